The van der Waals surface area contributed by atoms with Crippen LogP contribution in [0.25, 0.3) is 5.69 Å². The molecule has 0 atom stereocenters. The number of aromatic carboxylic acids is 1. The van der Waals surface area contributed by atoms with Crippen LogP contribution in [-0.4, -0.2) is 15.7 Å². The van der Waals surface area contributed by atoms with E-state index in [1.54, 1.807) is 16.8 Å². The molecular weight excluding hydrogens is 242 g/mol. The van der Waals surface area contributed by atoms with Gasteiger partial charge in [-0.15, -0.1) is 0 Å². The number of nitrogens with zero attached hydrogens (tertiary/aromatic N) is 2. The number of carboxylic acids is 1. The highest BCUT2D eigenvalue weighted by atomic mass is 16.4. The standard InChI is InChI=1S/C14H17N3O2/c1-14(2,3)11-8-12(15)17(16-11)10-6-4-9(5-7-10)13(18)19/h4-8H,15H2,1-3H3,(H,18,19)/p-1. The Morgan fingerprint density at radius 1 is 1.26 bits per heavy atom. The SMILES string of the molecule is CC(C)(C)c1cc(N)n(-c2ccc(C(=O)[O-])cc2)n1. The largest absolute Gasteiger partial charge is 0.545 e. The minimum Gasteiger partial charge on any atom is -0.545 e. The van der Waals surface area contributed by atoms with Gasteiger partial charge in [0.05, 0.1) is 17.4 Å². The van der Waals surface area contributed by atoms with E-state index in [1.807, 2.05) is 6.07 Å². The first-order chi connectivity index (χ1) is 8.79. The lowest BCUT2D eigenvalue weighted by Crippen LogP contribution is -2.22. The average molecular weight is 258 g/mol. The molecular formula is C14H16N3O2-. The Morgan fingerprint density at radius 3 is 2.26 bits per heavy atom. The minimum absolute atomic E-state index is 0.0930. The number of aromatic nitrogens is 2. The maximum absolute atomic E-state index is 10.7. The van der Waals surface area contributed by atoms with Crippen LogP contribution in [0.2, 0.25) is 0 Å². The first kappa shape index (κ1) is 13.1. The van der Waals surface area contributed by atoms with Gasteiger partial charge in [-0.25, -0.2) is 4.68 Å². The second-order valence-corrected chi connectivity index (χ2v) is 5.45. The van der Waals surface area contributed by atoms with Gasteiger partial charge in [-0.1, -0.05) is 32.9 Å². The van der Waals surface area contributed by atoms with Crippen molar-refractivity contribution in [3.63, 3.8) is 0 Å². The molecule has 0 aliphatic heterocycles. The molecule has 0 saturated heterocycles. The predicted octanol–water partition coefficient (Wildman–Crippen LogP) is 1.12. The Labute approximate surface area is 111 Å². The molecule has 2 aromatic rings. The molecule has 0 saturated carbocycles. The normalized spacial score (nSPS) is 11.5. The van der Waals surface area contributed by atoms with E-state index in [0.29, 0.717) is 5.82 Å². The molecule has 0 bridgehead atoms. The molecule has 0 amide bonds. The summed E-state index contributed by atoms with van der Waals surface area (Å²) in [6.45, 7) is 6.16. The van der Waals surface area contributed by atoms with Crippen molar-refractivity contribution >= 4 is 11.8 Å². The summed E-state index contributed by atoms with van der Waals surface area (Å²) < 4.78 is 1.60. The van der Waals surface area contributed by atoms with Gasteiger partial charge in [-0.05, 0) is 17.7 Å². The molecule has 0 unspecified atom stereocenters. The number of anilines is 1. The van der Waals surface area contributed by atoms with E-state index in [1.165, 1.54) is 12.1 Å². The summed E-state index contributed by atoms with van der Waals surface area (Å²) in [6, 6.07) is 8.08. The van der Waals surface area contributed by atoms with E-state index in [-0.39, 0.29) is 11.0 Å². The number of nitrogens with two attached hydrogens (primary N) is 1. The maximum Gasteiger partial charge on any atom is 0.127 e. The van der Waals surface area contributed by atoms with E-state index in [4.69, 9.17) is 5.73 Å². The monoisotopic (exact) mass is 258 g/mol. The zero-order valence-corrected chi connectivity index (χ0v) is 11.2. The number of rotatable bonds is 2. The van der Waals surface area contributed by atoms with Gasteiger partial charge >= 0.3 is 0 Å². The summed E-state index contributed by atoms with van der Waals surface area (Å²) in [4.78, 5) is 10.7. The molecule has 0 aliphatic carbocycles. The zero-order chi connectivity index (χ0) is 14.2. The third-order valence-electron chi connectivity index (χ3n) is 2.85. The second kappa shape index (κ2) is 4.42. The number of carbonyl (C=O) groups is 1. The lowest BCUT2D eigenvalue weighted by Gasteiger charge is -2.14. The van der Waals surface area contributed by atoms with E-state index < -0.39 is 5.97 Å². The van der Waals surface area contributed by atoms with Crippen molar-refractivity contribution in [1.29, 1.82) is 0 Å². The lowest BCUT2D eigenvalue weighted by molar-refractivity contribution is -0.255. The minimum atomic E-state index is -1.20. The first-order valence-electron chi connectivity index (χ1n) is 5.97. The number of hydrogen-bond acceptors (Lipinski definition) is 4. The number of hydrogen-bond donors (Lipinski definition) is 1. The van der Waals surface area contributed by atoms with Gasteiger partial charge in [0.1, 0.15) is 5.82 Å². The fourth-order valence-corrected chi connectivity index (χ4v) is 1.71. The van der Waals surface area contributed by atoms with Crippen LogP contribution in [0, 0.1) is 0 Å². The highest BCUT2D eigenvalue weighted by molar-refractivity contribution is 5.85. The lowest BCUT2D eigenvalue weighted by atomic mass is 9.92. The number of benzene rings is 1. The average Bonchev–Trinajstić information content (AvgIpc) is 2.71. The van der Waals surface area contributed by atoms with E-state index >= 15 is 0 Å². The molecule has 100 valence electrons. The Hall–Kier alpha value is -2.30. The zero-order valence-electron chi connectivity index (χ0n) is 11.2. The molecule has 1 aromatic heterocycles. The Bertz CT molecular complexity index is 607. The van der Waals surface area contributed by atoms with Crippen molar-refractivity contribution in [3.05, 3.63) is 41.6 Å². The quantitative estimate of drug-likeness (QED) is 0.874. The van der Waals surface area contributed by atoms with Gasteiger partial charge in [-0.3, -0.25) is 0 Å². The summed E-state index contributed by atoms with van der Waals surface area (Å²) in [7, 11) is 0. The van der Waals surface area contributed by atoms with E-state index in [9.17, 15) is 9.90 Å². The molecule has 5 heteroatoms. The van der Waals surface area contributed by atoms with E-state index in [0.717, 1.165) is 11.4 Å². The topological polar surface area (TPSA) is 84.0 Å². The molecule has 2 N–H and O–H groups in total. The first-order valence-corrected chi connectivity index (χ1v) is 5.97. The molecule has 0 spiro atoms. The van der Waals surface area contributed by atoms with Gasteiger partial charge in [0.2, 0.25) is 0 Å². The Morgan fingerprint density at radius 2 is 1.84 bits per heavy atom. The summed E-state index contributed by atoms with van der Waals surface area (Å²) in [6.07, 6.45) is 0. The van der Waals surface area contributed by atoms with Crippen LogP contribution in [0.3, 0.4) is 0 Å². The van der Waals surface area contributed by atoms with Crippen molar-refractivity contribution in [2.45, 2.75) is 26.2 Å². The Balaban J connectivity index is 2.42. The fraction of sp³-hybridized carbons (Fsp3) is 0.286. The van der Waals surface area contributed by atoms with Gasteiger partial charge in [0, 0.05) is 11.5 Å². The maximum atomic E-state index is 10.7. The molecule has 0 aliphatic rings. The van der Waals surface area contributed by atoms with Crippen LogP contribution in [0.1, 0.15) is 36.8 Å². The van der Waals surface area contributed by atoms with Gasteiger partial charge in [0.15, 0.2) is 0 Å². The van der Waals surface area contributed by atoms with Crippen molar-refractivity contribution in [1.82, 2.24) is 9.78 Å². The van der Waals surface area contributed by atoms with Crippen LogP contribution >= 0.6 is 0 Å². The third-order valence-corrected chi connectivity index (χ3v) is 2.85. The van der Waals surface area contributed by atoms with Crippen LogP contribution in [-0.2, 0) is 5.41 Å². The number of nitrogen functional groups attached to an aromatic ring is 1. The highest BCUT2D eigenvalue weighted by Gasteiger charge is 2.19. The molecule has 1 heterocycles. The van der Waals surface area contributed by atoms with Crippen LogP contribution in [0.4, 0.5) is 5.82 Å². The van der Waals surface area contributed by atoms with Gasteiger partial charge in [-0.2, -0.15) is 5.10 Å². The van der Waals surface area contributed by atoms with Crippen molar-refractivity contribution in [2.75, 3.05) is 5.73 Å². The number of carbonyl (C=O) groups excluding carboxylic acids is 1. The summed E-state index contributed by atoms with van der Waals surface area (Å²) in [5.41, 5.74) is 7.58. The molecule has 0 fully saturated rings. The van der Waals surface area contributed by atoms with Crippen LogP contribution in [0.5, 0.6) is 0 Å². The molecule has 1 aromatic carbocycles. The second-order valence-electron chi connectivity index (χ2n) is 5.45. The smallest absolute Gasteiger partial charge is 0.127 e. The molecule has 19 heavy (non-hydrogen) atoms. The van der Waals surface area contributed by atoms with E-state index in [2.05, 4.69) is 25.9 Å². The van der Waals surface area contributed by atoms with Crippen LogP contribution < -0.4 is 10.8 Å². The fourth-order valence-electron chi connectivity index (χ4n) is 1.71. The van der Waals surface area contributed by atoms with Gasteiger partial charge < -0.3 is 15.6 Å². The summed E-state index contributed by atoms with van der Waals surface area (Å²) >= 11 is 0. The van der Waals surface area contributed by atoms with Crippen molar-refractivity contribution in [2.24, 2.45) is 0 Å². The number of carboxylic acid groups (broad SMARTS) is 1. The highest BCUT2D eigenvalue weighted by Crippen LogP contribution is 2.24. The molecule has 2 rings (SSSR count). The molecule has 0 radical (unpaired) electrons. The van der Waals surface area contributed by atoms with Crippen LogP contribution in [0.15, 0.2) is 30.3 Å². The predicted molar refractivity (Wildman–Crippen MR) is 71.0 cm³/mol. The molecule has 5 nitrogen and oxygen atoms in total. The summed E-state index contributed by atoms with van der Waals surface area (Å²) in [5.74, 6) is -0.679. The van der Waals surface area contributed by atoms with Crippen molar-refractivity contribution < 1.29 is 9.90 Å². The van der Waals surface area contributed by atoms with Crippen molar-refractivity contribution in [3.8, 4) is 5.69 Å². The Kier molecular flexibility index (Phi) is 3.06. The summed E-state index contributed by atoms with van der Waals surface area (Å²) in [5, 5.41) is 15.1. The third kappa shape index (κ3) is 2.59. The van der Waals surface area contributed by atoms with Gasteiger partial charge in [0.25, 0.3) is 0 Å².